The maximum absolute atomic E-state index is 13.0. The van der Waals surface area contributed by atoms with E-state index in [2.05, 4.69) is 0 Å². The van der Waals surface area contributed by atoms with Crippen LogP contribution in [0.15, 0.2) is 70.9 Å². The molecule has 1 aliphatic rings. The zero-order valence-electron chi connectivity index (χ0n) is 17.3. The van der Waals surface area contributed by atoms with E-state index in [1.54, 1.807) is 36.4 Å². The van der Waals surface area contributed by atoms with Crippen molar-refractivity contribution in [3.05, 3.63) is 88.3 Å². The van der Waals surface area contributed by atoms with Gasteiger partial charge >= 0.3 is 5.97 Å². The predicted octanol–water partition coefficient (Wildman–Crippen LogP) is 4.20. The molecule has 2 aromatic carbocycles. The van der Waals surface area contributed by atoms with Gasteiger partial charge in [-0.15, -0.1) is 0 Å². The van der Waals surface area contributed by atoms with Gasteiger partial charge in [0.05, 0.1) is 30.4 Å². The maximum Gasteiger partial charge on any atom is 0.307 e. The molecular formula is C24H18ClNO7. The second-order valence-corrected chi connectivity index (χ2v) is 7.68. The maximum atomic E-state index is 13.0. The molecule has 0 spiro atoms. The Kier molecular flexibility index (Phi) is 5.93. The molecular weight excluding hydrogens is 450 g/mol. The van der Waals surface area contributed by atoms with E-state index >= 15 is 0 Å². The summed E-state index contributed by atoms with van der Waals surface area (Å²) in [6.45, 7) is 0. The van der Waals surface area contributed by atoms with Crippen molar-refractivity contribution in [2.24, 2.45) is 0 Å². The Hall–Kier alpha value is -4.04. The molecule has 3 aromatic rings. The van der Waals surface area contributed by atoms with Crippen LogP contribution in [0.2, 0.25) is 5.02 Å². The number of anilines is 1. The Morgan fingerprint density at radius 2 is 1.85 bits per heavy atom. The van der Waals surface area contributed by atoms with Crippen LogP contribution in [0.1, 0.15) is 22.9 Å². The van der Waals surface area contributed by atoms with Crippen molar-refractivity contribution in [1.29, 1.82) is 0 Å². The van der Waals surface area contributed by atoms with Crippen molar-refractivity contribution in [2.75, 3.05) is 12.0 Å². The van der Waals surface area contributed by atoms with E-state index in [1.165, 1.54) is 36.5 Å². The molecule has 9 heteroatoms. The molecule has 0 aliphatic carbocycles. The second kappa shape index (κ2) is 8.84. The minimum atomic E-state index is -1.04. The van der Waals surface area contributed by atoms with Gasteiger partial charge in [-0.3, -0.25) is 19.3 Å². The Bertz CT molecular complexity index is 1260. The summed E-state index contributed by atoms with van der Waals surface area (Å²) in [6.07, 6.45) is 1.22. The molecule has 4 rings (SSSR count). The van der Waals surface area contributed by atoms with Crippen LogP contribution in [-0.2, 0) is 20.8 Å². The fourth-order valence-corrected chi connectivity index (χ4v) is 3.99. The molecule has 1 saturated heterocycles. The number of methoxy groups -OCH3 is 1. The minimum absolute atomic E-state index is 0.161. The molecule has 2 N–H and O–H groups in total. The number of furan rings is 1. The average molecular weight is 468 g/mol. The Balaban J connectivity index is 1.84. The van der Waals surface area contributed by atoms with Gasteiger partial charge in [0.25, 0.3) is 11.7 Å². The average Bonchev–Trinajstić information content (AvgIpc) is 3.40. The summed E-state index contributed by atoms with van der Waals surface area (Å²) in [7, 11) is 1.45. The molecule has 1 aromatic heterocycles. The summed E-state index contributed by atoms with van der Waals surface area (Å²) < 4.78 is 10.6. The SMILES string of the molecule is COc1ccc(/C(O)=C2/C(=O)C(=O)N(c3ccc(CC(=O)O)cc3)C2c2ccco2)cc1Cl. The number of hydrogen-bond acceptors (Lipinski definition) is 6. The van der Waals surface area contributed by atoms with Gasteiger partial charge in [-0.05, 0) is 48.0 Å². The second-order valence-electron chi connectivity index (χ2n) is 7.27. The van der Waals surface area contributed by atoms with Crippen molar-refractivity contribution in [3.8, 4) is 5.75 Å². The molecule has 0 bridgehead atoms. The lowest BCUT2D eigenvalue weighted by Crippen LogP contribution is -2.29. The minimum Gasteiger partial charge on any atom is -0.507 e. The van der Waals surface area contributed by atoms with Crippen molar-refractivity contribution < 1.29 is 33.8 Å². The highest BCUT2D eigenvalue weighted by Gasteiger charge is 2.48. The molecule has 1 unspecified atom stereocenters. The Morgan fingerprint density at radius 1 is 1.12 bits per heavy atom. The number of carbonyl (C=O) groups excluding carboxylic acids is 2. The van der Waals surface area contributed by atoms with Crippen LogP contribution < -0.4 is 9.64 Å². The number of Topliss-reactive ketones (excluding diaryl/α,β-unsaturated/α-hetero) is 1. The lowest BCUT2D eigenvalue weighted by atomic mass is 9.99. The molecule has 1 amide bonds. The first-order valence-corrected chi connectivity index (χ1v) is 10.2. The highest BCUT2D eigenvalue weighted by Crippen LogP contribution is 2.42. The fourth-order valence-electron chi connectivity index (χ4n) is 3.73. The van der Waals surface area contributed by atoms with Crippen molar-refractivity contribution >= 4 is 40.7 Å². The van der Waals surface area contributed by atoms with Crippen LogP contribution >= 0.6 is 11.6 Å². The highest BCUT2D eigenvalue weighted by molar-refractivity contribution is 6.51. The molecule has 0 saturated carbocycles. The quantitative estimate of drug-likeness (QED) is 0.317. The largest absolute Gasteiger partial charge is 0.507 e. The topological polar surface area (TPSA) is 117 Å². The van der Waals surface area contributed by atoms with Gasteiger partial charge in [-0.25, -0.2) is 0 Å². The zero-order chi connectivity index (χ0) is 23.7. The third-order valence-electron chi connectivity index (χ3n) is 5.25. The number of aliphatic hydroxyl groups excluding tert-OH is 1. The highest BCUT2D eigenvalue weighted by atomic mass is 35.5. The van der Waals surface area contributed by atoms with Gasteiger partial charge in [0.1, 0.15) is 23.3 Å². The van der Waals surface area contributed by atoms with Gasteiger partial charge in [0.2, 0.25) is 0 Å². The van der Waals surface area contributed by atoms with E-state index in [1.807, 2.05) is 0 Å². The first-order valence-electron chi connectivity index (χ1n) is 9.81. The van der Waals surface area contributed by atoms with E-state index in [9.17, 15) is 19.5 Å². The van der Waals surface area contributed by atoms with E-state index < -0.39 is 29.5 Å². The van der Waals surface area contributed by atoms with Crippen molar-refractivity contribution in [1.82, 2.24) is 0 Å². The number of aliphatic hydroxyl groups is 1. The molecule has 1 atom stereocenters. The van der Waals surface area contributed by atoms with E-state index in [-0.39, 0.29) is 28.3 Å². The summed E-state index contributed by atoms with van der Waals surface area (Å²) in [5.41, 5.74) is 0.947. The third-order valence-corrected chi connectivity index (χ3v) is 5.55. The first kappa shape index (κ1) is 22.2. The van der Waals surface area contributed by atoms with Crippen molar-refractivity contribution in [2.45, 2.75) is 12.5 Å². The summed E-state index contributed by atoms with van der Waals surface area (Å²) in [6, 6.07) is 12.9. The molecule has 168 valence electrons. The molecule has 0 radical (unpaired) electrons. The number of ketones is 1. The number of hydrogen-bond donors (Lipinski definition) is 2. The van der Waals surface area contributed by atoms with Gasteiger partial charge in [-0.2, -0.15) is 0 Å². The summed E-state index contributed by atoms with van der Waals surface area (Å²) in [5.74, 6) is -2.50. The zero-order valence-corrected chi connectivity index (χ0v) is 18.1. The van der Waals surface area contributed by atoms with E-state index in [4.69, 9.17) is 25.9 Å². The summed E-state index contributed by atoms with van der Waals surface area (Å²) in [4.78, 5) is 38.2. The van der Waals surface area contributed by atoms with E-state index in [0.29, 0.717) is 17.0 Å². The Labute approximate surface area is 193 Å². The van der Waals surface area contributed by atoms with Crippen LogP contribution in [0.4, 0.5) is 5.69 Å². The lowest BCUT2D eigenvalue weighted by Gasteiger charge is -2.23. The Morgan fingerprint density at radius 3 is 2.42 bits per heavy atom. The number of amides is 1. The van der Waals surface area contributed by atoms with Crippen LogP contribution in [0.5, 0.6) is 5.75 Å². The van der Waals surface area contributed by atoms with Gasteiger partial charge < -0.3 is 19.4 Å². The smallest absolute Gasteiger partial charge is 0.307 e. The summed E-state index contributed by atoms with van der Waals surface area (Å²) in [5, 5.41) is 20.2. The number of rotatable bonds is 6. The number of nitrogens with zero attached hydrogens (tertiary/aromatic N) is 1. The first-order chi connectivity index (χ1) is 15.8. The van der Waals surface area contributed by atoms with Crippen LogP contribution in [0, 0.1) is 0 Å². The molecule has 33 heavy (non-hydrogen) atoms. The summed E-state index contributed by atoms with van der Waals surface area (Å²) >= 11 is 6.18. The predicted molar refractivity (Wildman–Crippen MR) is 119 cm³/mol. The number of ether oxygens (including phenoxy) is 1. The van der Waals surface area contributed by atoms with Gasteiger partial charge in [0.15, 0.2) is 0 Å². The normalized spacial score (nSPS) is 17.4. The van der Waals surface area contributed by atoms with Gasteiger partial charge in [-0.1, -0.05) is 23.7 Å². The van der Waals surface area contributed by atoms with Crippen LogP contribution in [0.25, 0.3) is 5.76 Å². The monoisotopic (exact) mass is 467 g/mol. The number of aliphatic carboxylic acids is 1. The number of benzene rings is 2. The number of carbonyl (C=O) groups is 3. The van der Waals surface area contributed by atoms with E-state index in [0.717, 1.165) is 0 Å². The molecule has 1 aliphatic heterocycles. The molecule has 1 fully saturated rings. The lowest BCUT2D eigenvalue weighted by molar-refractivity contribution is -0.136. The van der Waals surface area contributed by atoms with Gasteiger partial charge in [0, 0.05) is 11.3 Å². The van der Waals surface area contributed by atoms with Crippen LogP contribution in [-0.4, -0.2) is 35.0 Å². The fraction of sp³-hybridized carbons (Fsp3) is 0.125. The number of carboxylic acids is 1. The van der Waals surface area contributed by atoms with Crippen LogP contribution in [0.3, 0.4) is 0 Å². The molecule has 8 nitrogen and oxygen atoms in total. The third kappa shape index (κ3) is 4.08. The number of carboxylic acid groups (broad SMARTS) is 1. The standard InChI is InChI=1S/C24H18ClNO7/c1-32-17-9-6-14(12-16(17)25)22(29)20-21(18-3-2-10-33-18)26(24(31)23(20)30)15-7-4-13(5-8-15)11-19(27)28/h2-10,12,21,29H,11H2,1H3,(H,27,28)/b22-20-. The molecule has 2 heterocycles. The number of halogens is 1. The van der Waals surface area contributed by atoms with Crippen molar-refractivity contribution in [3.63, 3.8) is 0 Å².